The van der Waals surface area contributed by atoms with Gasteiger partial charge in [-0.15, -0.1) is 0 Å². The molecule has 1 aliphatic carbocycles. The van der Waals surface area contributed by atoms with Crippen molar-refractivity contribution in [2.24, 2.45) is 0 Å². The van der Waals surface area contributed by atoms with E-state index in [-0.39, 0.29) is 11.6 Å². The second-order valence-electron chi connectivity index (χ2n) is 6.24. The fraction of sp³-hybridized carbons (Fsp3) is 0.0909. The van der Waals surface area contributed by atoms with E-state index in [9.17, 15) is 9.59 Å². The molecule has 0 amide bonds. The molecule has 0 aromatic heterocycles. The number of carbonyl (C=O) groups excluding carboxylic acids is 2. The van der Waals surface area contributed by atoms with Crippen LogP contribution in [0.25, 0.3) is 0 Å². The van der Waals surface area contributed by atoms with Crippen molar-refractivity contribution in [3.8, 4) is 0 Å². The van der Waals surface area contributed by atoms with Gasteiger partial charge < -0.3 is 5.32 Å². The number of benzene rings is 3. The van der Waals surface area contributed by atoms with Crippen molar-refractivity contribution in [2.75, 3.05) is 11.9 Å². The van der Waals surface area contributed by atoms with E-state index >= 15 is 0 Å². The zero-order valence-corrected chi connectivity index (χ0v) is 14.7. The SMILES string of the molecule is O=C1c2ccc(Cl)cc2C(=O)c2c(NCCc3ccccc3)cccc21. The monoisotopic (exact) mass is 361 g/mol. The van der Waals surface area contributed by atoms with Gasteiger partial charge in [0.25, 0.3) is 0 Å². The Morgan fingerprint density at radius 3 is 2.38 bits per heavy atom. The largest absolute Gasteiger partial charge is 0.384 e. The first-order valence-corrected chi connectivity index (χ1v) is 8.83. The summed E-state index contributed by atoms with van der Waals surface area (Å²) in [4.78, 5) is 25.8. The van der Waals surface area contributed by atoms with Gasteiger partial charge in [0.15, 0.2) is 11.6 Å². The van der Waals surface area contributed by atoms with Crippen LogP contribution in [0.4, 0.5) is 5.69 Å². The van der Waals surface area contributed by atoms with Gasteiger partial charge in [-0.3, -0.25) is 9.59 Å². The Balaban J connectivity index is 1.65. The minimum atomic E-state index is -0.167. The maximum absolute atomic E-state index is 13.0. The standard InChI is InChI=1S/C22H16ClNO2/c23-15-9-10-16-18(13-15)22(26)20-17(21(16)25)7-4-8-19(20)24-12-11-14-5-2-1-3-6-14/h1-10,13,24H,11-12H2. The van der Waals surface area contributed by atoms with Crippen molar-refractivity contribution in [1.82, 2.24) is 0 Å². The van der Waals surface area contributed by atoms with Gasteiger partial charge in [0.1, 0.15) is 0 Å². The molecule has 1 N–H and O–H groups in total. The Morgan fingerprint density at radius 2 is 1.58 bits per heavy atom. The van der Waals surface area contributed by atoms with E-state index in [1.165, 1.54) is 5.56 Å². The van der Waals surface area contributed by atoms with Crippen LogP contribution in [0.3, 0.4) is 0 Å². The highest BCUT2D eigenvalue weighted by Crippen LogP contribution is 2.33. The Labute approximate surface area is 156 Å². The minimum absolute atomic E-state index is 0.141. The Bertz CT molecular complexity index is 1010. The number of ketones is 2. The van der Waals surface area contributed by atoms with Crippen molar-refractivity contribution in [3.63, 3.8) is 0 Å². The number of hydrogen-bond acceptors (Lipinski definition) is 3. The molecule has 1 aliphatic rings. The third kappa shape index (κ3) is 2.91. The molecule has 3 aromatic carbocycles. The molecule has 3 nitrogen and oxygen atoms in total. The molecule has 0 saturated carbocycles. The van der Waals surface area contributed by atoms with Crippen LogP contribution in [-0.2, 0) is 6.42 Å². The van der Waals surface area contributed by atoms with Crippen molar-refractivity contribution in [2.45, 2.75) is 6.42 Å². The fourth-order valence-electron chi connectivity index (χ4n) is 3.30. The summed E-state index contributed by atoms with van der Waals surface area (Å²) in [6.45, 7) is 0.671. The summed E-state index contributed by atoms with van der Waals surface area (Å²) < 4.78 is 0. The Morgan fingerprint density at radius 1 is 0.769 bits per heavy atom. The number of rotatable bonds is 4. The Hall–Kier alpha value is -2.91. The number of anilines is 1. The molecule has 0 bridgehead atoms. The van der Waals surface area contributed by atoms with Gasteiger partial charge in [0.05, 0.1) is 5.56 Å². The maximum atomic E-state index is 13.0. The lowest BCUT2D eigenvalue weighted by molar-refractivity contribution is 0.0979. The second-order valence-corrected chi connectivity index (χ2v) is 6.68. The molecule has 0 heterocycles. The van der Waals surface area contributed by atoms with E-state index in [4.69, 9.17) is 11.6 Å². The van der Waals surface area contributed by atoms with Crippen LogP contribution >= 0.6 is 11.6 Å². The summed E-state index contributed by atoms with van der Waals surface area (Å²) in [5, 5.41) is 3.76. The lowest BCUT2D eigenvalue weighted by Crippen LogP contribution is -2.23. The molecule has 26 heavy (non-hydrogen) atoms. The molecule has 4 rings (SSSR count). The van der Waals surface area contributed by atoms with Crippen molar-refractivity contribution in [1.29, 1.82) is 0 Å². The average molecular weight is 362 g/mol. The summed E-state index contributed by atoms with van der Waals surface area (Å²) in [5.74, 6) is -0.308. The molecule has 0 unspecified atom stereocenters. The zero-order valence-electron chi connectivity index (χ0n) is 14.0. The number of carbonyl (C=O) groups is 2. The second kappa shape index (κ2) is 6.77. The molecular weight excluding hydrogens is 346 g/mol. The van der Waals surface area contributed by atoms with Gasteiger partial charge in [0.2, 0.25) is 0 Å². The first-order chi connectivity index (χ1) is 12.6. The summed E-state index contributed by atoms with van der Waals surface area (Å²) in [6, 6.07) is 20.3. The highest BCUT2D eigenvalue weighted by molar-refractivity contribution is 6.34. The molecule has 4 heteroatoms. The zero-order chi connectivity index (χ0) is 18.1. The van der Waals surface area contributed by atoms with Crippen LogP contribution < -0.4 is 5.32 Å². The van der Waals surface area contributed by atoms with Crippen LogP contribution in [0.2, 0.25) is 5.02 Å². The van der Waals surface area contributed by atoms with E-state index in [1.54, 1.807) is 30.3 Å². The molecule has 3 aromatic rings. The lowest BCUT2D eigenvalue weighted by Gasteiger charge is -2.21. The smallest absolute Gasteiger partial charge is 0.196 e. The molecule has 0 spiro atoms. The van der Waals surface area contributed by atoms with Gasteiger partial charge in [-0.05, 0) is 36.2 Å². The van der Waals surface area contributed by atoms with Crippen molar-refractivity contribution in [3.05, 3.63) is 99.6 Å². The van der Waals surface area contributed by atoms with Gasteiger partial charge in [-0.1, -0.05) is 54.1 Å². The van der Waals surface area contributed by atoms with Crippen LogP contribution in [0, 0.1) is 0 Å². The Kier molecular flexibility index (Phi) is 4.31. The van der Waals surface area contributed by atoms with E-state index < -0.39 is 0 Å². The van der Waals surface area contributed by atoms with Crippen LogP contribution in [0.15, 0.2) is 66.7 Å². The first-order valence-electron chi connectivity index (χ1n) is 8.45. The van der Waals surface area contributed by atoms with Crippen LogP contribution in [-0.4, -0.2) is 18.1 Å². The molecule has 0 fully saturated rings. The van der Waals surface area contributed by atoms with Crippen molar-refractivity contribution >= 4 is 28.9 Å². The predicted molar refractivity (Wildman–Crippen MR) is 103 cm³/mol. The molecular formula is C22H16ClNO2. The highest BCUT2D eigenvalue weighted by atomic mass is 35.5. The number of halogens is 1. The predicted octanol–water partition coefficient (Wildman–Crippen LogP) is 4.77. The van der Waals surface area contributed by atoms with Crippen LogP contribution in [0.1, 0.15) is 37.4 Å². The highest BCUT2D eigenvalue weighted by Gasteiger charge is 2.31. The van der Waals surface area contributed by atoms with Gasteiger partial charge in [0, 0.05) is 33.9 Å². The molecule has 0 atom stereocenters. The molecule has 0 aliphatic heterocycles. The van der Waals surface area contributed by atoms with Crippen LogP contribution in [0.5, 0.6) is 0 Å². The summed E-state index contributed by atoms with van der Waals surface area (Å²) >= 11 is 6.03. The van der Waals surface area contributed by atoms with Gasteiger partial charge in [-0.25, -0.2) is 0 Å². The maximum Gasteiger partial charge on any atom is 0.196 e. The number of fused-ring (bicyclic) bond motifs is 2. The lowest BCUT2D eigenvalue weighted by atomic mass is 9.83. The van der Waals surface area contributed by atoms with E-state index in [0.717, 1.165) is 6.42 Å². The third-order valence-corrected chi connectivity index (χ3v) is 4.81. The summed E-state index contributed by atoms with van der Waals surface area (Å²) in [6.07, 6.45) is 0.828. The third-order valence-electron chi connectivity index (χ3n) is 4.58. The van der Waals surface area contributed by atoms with Gasteiger partial charge in [-0.2, -0.15) is 0 Å². The van der Waals surface area contributed by atoms with Crippen molar-refractivity contribution < 1.29 is 9.59 Å². The summed E-state index contributed by atoms with van der Waals surface area (Å²) in [5.41, 5.74) is 3.54. The van der Waals surface area contributed by atoms with Gasteiger partial charge >= 0.3 is 0 Å². The molecule has 128 valence electrons. The quantitative estimate of drug-likeness (QED) is 0.569. The topological polar surface area (TPSA) is 46.2 Å². The van der Waals surface area contributed by atoms with E-state index in [1.807, 2.05) is 24.3 Å². The number of nitrogens with one attached hydrogen (secondary N) is 1. The first kappa shape index (κ1) is 16.6. The number of hydrogen-bond donors (Lipinski definition) is 1. The minimum Gasteiger partial charge on any atom is -0.384 e. The fourth-order valence-corrected chi connectivity index (χ4v) is 3.47. The normalized spacial score (nSPS) is 12.5. The average Bonchev–Trinajstić information content (AvgIpc) is 2.67. The van der Waals surface area contributed by atoms with E-state index in [0.29, 0.717) is 39.5 Å². The molecule has 0 saturated heterocycles. The molecule has 0 radical (unpaired) electrons. The summed E-state index contributed by atoms with van der Waals surface area (Å²) in [7, 11) is 0. The van der Waals surface area contributed by atoms with E-state index in [2.05, 4.69) is 17.4 Å².